The Bertz CT molecular complexity index is 303. The van der Waals surface area contributed by atoms with Gasteiger partial charge in [0.2, 0.25) is 0 Å². The second-order valence-corrected chi connectivity index (χ2v) is 4.18. The van der Waals surface area contributed by atoms with Crippen LogP contribution in [-0.4, -0.2) is 6.54 Å². The first-order valence-corrected chi connectivity index (χ1v) is 5.29. The van der Waals surface area contributed by atoms with Gasteiger partial charge in [-0.15, -0.1) is 0 Å². The van der Waals surface area contributed by atoms with Crippen molar-refractivity contribution >= 4 is 11.6 Å². The fraction of sp³-hybridized carbons (Fsp3) is 0.455. The Balaban J connectivity index is 1.92. The third-order valence-electron chi connectivity index (χ3n) is 2.49. The topological polar surface area (TPSA) is 12.0 Å². The van der Waals surface area contributed by atoms with E-state index in [1.54, 1.807) is 12.1 Å². The van der Waals surface area contributed by atoms with E-state index in [1.165, 1.54) is 18.9 Å². The molecule has 1 nitrogen and oxygen atoms in total. The van der Waals surface area contributed by atoms with E-state index in [2.05, 4.69) is 5.32 Å². The highest BCUT2D eigenvalue weighted by atomic mass is 35.5. The smallest absolute Gasteiger partial charge is 0.129 e. The standard InChI is InChI=1S/C11H13ClFN/c12-10-2-1-3-11(13)9(10)7-14-6-8-4-5-8/h1-3,8,14H,4-7H2. The van der Waals surface area contributed by atoms with E-state index in [0.29, 0.717) is 17.1 Å². The highest BCUT2D eigenvalue weighted by Gasteiger charge is 2.20. The monoisotopic (exact) mass is 213 g/mol. The quantitative estimate of drug-likeness (QED) is 0.811. The maximum Gasteiger partial charge on any atom is 0.129 e. The van der Waals surface area contributed by atoms with Crippen LogP contribution in [0, 0.1) is 11.7 Å². The van der Waals surface area contributed by atoms with Crippen molar-refractivity contribution in [1.82, 2.24) is 5.32 Å². The van der Waals surface area contributed by atoms with Gasteiger partial charge >= 0.3 is 0 Å². The third-order valence-corrected chi connectivity index (χ3v) is 2.85. The van der Waals surface area contributed by atoms with Crippen LogP contribution in [0.1, 0.15) is 18.4 Å². The second-order valence-electron chi connectivity index (χ2n) is 3.77. The van der Waals surface area contributed by atoms with Gasteiger partial charge in [0.15, 0.2) is 0 Å². The number of benzene rings is 1. The van der Waals surface area contributed by atoms with Crippen molar-refractivity contribution in [3.8, 4) is 0 Å². The van der Waals surface area contributed by atoms with Crippen LogP contribution in [0.3, 0.4) is 0 Å². The average Bonchev–Trinajstić information content (AvgIpc) is 2.94. The van der Waals surface area contributed by atoms with E-state index in [0.717, 1.165) is 12.5 Å². The first kappa shape index (κ1) is 9.94. The van der Waals surface area contributed by atoms with Gasteiger partial charge in [-0.1, -0.05) is 17.7 Å². The summed E-state index contributed by atoms with van der Waals surface area (Å²) in [5, 5.41) is 3.73. The lowest BCUT2D eigenvalue weighted by atomic mass is 10.2. The molecule has 14 heavy (non-hydrogen) atoms. The molecule has 0 atom stereocenters. The summed E-state index contributed by atoms with van der Waals surface area (Å²) in [6.07, 6.45) is 2.61. The van der Waals surface area contributed by atoms with Crippen LogP contribution in [-0.2, 0) is 6.54 Å². The van der Waals surface area contributed by atoms with E-state index in [4.69, 9.17) is 11.6 Å². The Kier molecular flexibility index (Phi) is 3.04. The van der Waals surface area contributed by atoms with E-state index >= 15 is 0 Å². The molecule has 0 aliphatic heterocycles. The minimum Gasteiger partial charge on any atom is -0.312 e. The molecule has 76 valence electrons. The van der Waals surface area contributed by atoms with Crippen molar-refractivity contribution in [2.75, 3.05) is 6.54 Å². The van der Waals surface area contributed by atoms with Crippen molar-refractivity contribution in [1.29, 1.82) is 0 Å². The fourth-order valence-corrected chi connectivity index (χ4v) is 1.65. The maximum atomic E-state index is 13.3. The Morgan fingerprint density at radius 3 is 2.86 bits per heavy atom. The summed E-state index contributed by atoms with van der Waals surface area (Å²) in [5.74, 6) is 0.585. The molecule has 1 aromatic carbocycles. The van der Waals surface area contributed by atoms with Gasteiger partial charge in [-0.25, -0.2) is 4.39 Å². The predicted octanol–water partition coefficient (Wildman–Crippen LogP) is 2.98. The molecule has 0 aromatic heterocycles. The van der Waals surface area contributed by atoms with Crippen LogP contribution in [0.5, 0.6) is 0 Å². The highest BCUT2D eigenvalue weighted by Crippen LogP contribution is 2.28. The van der Waals surface area contributed by atoms with Crippen LogP contribution in [0.4, 0.5) is 4.39 Å². The first-order valence-electron chi connectivity index (χ1n) is 4.91. The van der Waals surface area contributed by atoms with Gasteiger partial charge in [-0.05, 0) is 37.4 Å². The average molecular weight is 214 g/mol. The van der Waals surface area contributed by atoms with Crippen molar-refractivity contribution in [3.05, 3.63) is 34.6 Å². The molecule has 0 heterocycles. The zero-order valence-corrected chi connectivity index (χ0v) is 8.65. The summed E-state index contributed by atoms with van der Waals surface area (Å²) in [4.78, 5) is 0. The van der Waals surface area contributed by atoms with Crippen LogP contribution in [0.2, 0.25) is 5.02 Å². The largest absolute Gasteiger partial charge is 0.312 e. The van der Waals surface area contributed by atoms with Crippen LogP contribution >= 0.6 is 11.6 Å². The lowest BCUT2D eigenvalue weighted by molar-refractivity contribution is 0.578. The molecule has 0 saturated heterocycles. The van der Waals surface area contributed by atoms with E-state index in [9.17, 15) is 4.39 Å². The molecule has 0 radical (unpaired) electrons. The fourth-order valence-electron chi connectivity index (χ4n) is 1.42. The minimum absolute atomic E-state index is 0.221. The summed E-state index contributed by atoms with van der Waals surface area (Å²) in [7, 11) is 0. The van der Waals surface area contributed by atoms with Crippen LogP contribution in [0.15, 0.2) is 18.2 Å². The van der Waals surface area contributed by atoms with E-state index in [-0.39, 0.29) is 5.82 Å². The molecule has 1 N–H and O–H groups in total. The molecule has 2 rings (SSSR count). The van der Waals surface area contributed by atoms with Crippen LogP contribution < -0.4 is 5.32 Å². The van der Waals surface area contributed by atoms with Gasteiger partial charge in [0.25, 0.3) is 0 Å². The van der Waals surface area contributed by atoms with Gasteiger partial charge in [-0.3, -0.25) is 0 Å². The number of hydrogen-bond donors (Lipinski definition) is 1. The van der Waals surface area contributed by atoms with E-state index in [1.807, 2.05) is 0 Å². The SMILES string of the molecule is Fc1cccc(Cl)c1CNCC1CC1. The lowest BCUT2D eigenvalue weighted by Gasteiger charge is -2.06. The molecule has 0 bridgehead atoms. The number of halogens is 2. The van der Waals surface area contributed by atoms with Gasteiger partial charge < -0.3 is 5.32 Å². The van der Waals surface area contributed by atoms with Gasteiger partial charge in [-0.2, -0.15) is 0 Å². The predicted molar refractivity (Wildman–Crippen MR) is 55.8 cm³/mol. The zero-order chi connectivity index (χ0) is 9.97. The molecule has 1 aliphatic rings. The third kappa shape index (κ3) is 2.46. The van der Waals surface area contributed by atoms with Crippen molar-refractivity contribution in [2.24, 2.45) is 5.92 Å². The van der Waals surface area contributed by atoms with Crippen LogP contribution in [0.25, 0.3) is 0 Å². The molecule has 3 heteroatoms. The summed E-state index contributed by atoms with van der Waals surface area (Å²) in [5.41, 5.74) is 0.579. The molecule has 0 spiro atoms. The summed E-state index contributed by atoms with van der Waals surface area (Å²) >= 11 is 5.88. The number of hydrogen-bond acceptors (Lipinski definition) is 1. The molecule has 1 fully saturated rings. The molecule has 1 saturated carbocycles. The number of rotatable bonds is 4. The lowest BCUT2D eigenvalue weighted by Crippen LogP contribution is -2.17. The highest BCUT2D eigenvalue weighted by molar-refractivity contribution is 6.31. The van der Waals surface area contributed by atoms with Gasteiger partial charge in [0, 0.05) is 17.1 Å². The molecule has 0 amide bonds. The van der Waals surface area contributed by atoms with Gasteiger partial charge in [0.05, 0.1) is 0 Å². The van der Waals surface area contributed by atoms with Gasteiger partial charge in [0.1, 0.15) is 5.82 Å². The number of nitrogens with one attached hydrogen (secondary N) is 1. The Morgan fingerprint density at radius 2 is 2.21 bits per heavy atom. The maximum absolute atomic E-state index is 13.3. The molecular weight excluding hydrogens is 201 g/mol. The van der Waals surface area contributed by atoms with Crippen molar-refractivity contribution in [3.63, 3.8) is 0 Å². The second kappa shape index (κ2) is 4.28. The summed E-state index contributed by atoms with van der Waals surface area (Å²) in [6.45, 7) is 1.51. The van der Waals surface area contributed by atoms with E-state index < -0.39 is 0 Å². The normalized spacial score (nSPS) is 15.9. The Morgan fingerprint density at radius 1 is 1.43 bits per heavy atom. The molecule has 0 unspecified atom stereocenters. The Hall–Kier alpha value is -0.600. The van der Waals surface area contributed by atoms with Crippen molar-refractivity contribution < 1.29 is 4.39 Å². The Labute approximate surface area is 88.3 Å². The minimum atomic E-state index is -0.221. The molecule has 1 aromatic rings. The first-order chi connectivity index (χ1) is 6.77. The summed E-state index contributed by atoms with van der Waals surface area (Å²) in [6, 6.07) is 4.79. The zero-order valence-electron chi connectivity index (χ0n) is 7.89. The summed E-state index contributed by atoms with van der Waals surface area (Å²) < 4.78 is 13.3. The molecule has 1 aliphatic carbocycles. The molecular formula is C11H13ClFN. The van der Waals surface area contributed by atoms with Crippen molar-refractivity contribution in [2.45, 2.75) is 19.4 Å².